The first-order valence-corrected chi connectivity index (χ1v) is 9.88. The molecule has 1 atom stereocenters. The molecule has 1 aliphatic rings. The SMILES string of the molecule is C[C@H](OC(=O)c1ccc2ccccc2c1O)C(=O)N1c2ccccc2NC(=O)C1(C)C. The van der Waals surface area contributed by atoms with E-state index in [2.05, 4.69) is 5.32 Å². The molecule has 0 fully saturated rings. The van der Waals surface area contributed by atoms with Gasteiger partial charge in [-0.2, -0.15) is 0 Å². The number of amides is 2. The van der Waals surface area contributed by atoms with Crippen LogP contribution in [0.25, 0.3) is 10.8 Å². The molecule has 0 aromatic heterocycles. The van der Waals surface area contributed by atoms with Crippen LogP contribution >= 0.6 is 0 Å². The lowest BCUT2D eigenvalue weighted by molar-refractivity contribution is -0.131. The Kier molecular flexibility index (Phi) is 4.89. The zero-order valence-electron chi connectivity index (χ0n) is 17.4. The number of ether oxygens (including phenoxy) is 1. The van der Waals surface area contributed by atoms with Crippen LogP contribution in [0.1, 0.15) is 31.1 Å². The number of fused-ring (bicyclic) bond motifs is 2. The standard InChI is InChI=1S/C24H22N2O5/c1-14(31-22(29)17-13-12-15-8-4-5-9-16(15)20(17)27)21(28)26-19-11-7-6-10-18(19)25-23(30)24(26,2)3/h4-14,27H,1-3H3,(H,25,30)/t14-/m0/s1. The third-order valence-electron chi connectivity index (χ3n) is 5.48. The van der Waals surface area contributed by atoms with Gasteiger partial charge in [0.15, 0.2) is 6.10 Å². The van der Waals surface area contributed by atoms with Gasteiger partial charge in [0.05, 0.1) is 11.4 Å². The summed E-state index contributed by atoms with van der Waals surface area (Å²) in [7, 11) is 0. The number of phenolic OH excluding ortho intramolecular Hbond substituents is 1. The average Bonchev–Trinajstić information content (AvgIpc) is 2.74. The first-order valence-electron chi connectivity index (χ1n) is 9.88. The summed E-state index contributed by atoms with van der Waals surface area (Å²) in [6.07, 6.45) is -1.18. The van der Waals surface area contributed by atoms with Gasteiger partial charge in [0.2, 0.25) is 5.91 Å². The Bertz CT molecular complexity index is 1220. The van der Waals surface area contributed by atoms with Gasteiger partial charge < -0.3 is 15.2 Å². The van der Waals surface area contributed by atoms with E-state index in [1.807, 2.05) is 12.1 Å². The quantitative estimate of drug-likeness (QED) is 0.630. The van der Waals surface area contributed by atoms with Crippen molar-refractivity contribution in [3.8, 4) is 5.75 Å². The second-order valence-electron chi connectivity index (χ2n) is 7.93. The molecule has 0 bridgehead atoms. The molecule has 0 saturated carbocycles. The zero-order valence-corrected chi connectivity index (χ0v) is 17.4. The number of anilines is 2. The van der Waals surface area contributed by atoms with Gasteiger partial charge in [0.1, 0.15) is 16.9 Å². The number of rotatable bonds is 3. The summed E-state index contributed by atoms with van der Waals surface area (Å²) >= 11 is 0. The molecule has 0 spiro atoms. The van der Waals surface area contributed by atoms with Gasteiger partial charge in [-0.15, -0.1) is 0 Å². The molecule has 3 aromatic carbocycles. The van der Waals surface area contributed by atoms with Gasteiger partial charge in [-0.3, -0.25) is 14.5 Å². The Hall–Kier alpha value is -3.87. The average molecular weight is 418 g/mol. The number of hydrogen-bond acceptors (Lipinski definition) is 5. The van der Waals surface area contributed by atoms with E-state index in [0.717, 1.165) is 5.39 Å². The second kappa shape index (κ2) is 7.43. The van der Waals surface area contributed by atoms with Gasteiger partial charge in [0, 0.05) is 5.39 Å². The van der Waals surface area contributed by atoms with Gasteiger partial charge in [-0.25, -0.2) is 4.79 Å². The highest BCUT2D eigenvalue weighted by Crippen LogP contribution is 2.37. The zero-order chi connectivity index (χ0) is 22.3. The third-order valence-corrected chi connectivity index (χ3v) is 5.48. The van der Waals surface area contributed by atoms with Crippen molar-refractivity contribution in [2.45, 2.75) is 32.4 Å². The van der Waals surface area contributed by atoms with E-state index in [1.54, 1.807) is 56.3 Å². The summed E-state index contributed by atoms with van der Waals surface area (Å²) < 4.78 is 5.40. The molecule has 0 aliphatic carbocycles. The van der Waals surface area contributed by atoms with E-state index >= 15 is 0 Å². The molecule has 1 aliphatic heterocycles. The van der Waals surface area contributed by atoms with E-state index in [-0.39, 0.29) is 17.2 Å². The minimum atomic E-state index is -1.18. The first kappa shape index (κ1) is 20.4. The molecule has 158 valence electrons. The fourth-order valence-corrected chi connectivity index (χ4v) is 3.72. The molecule has 0 unspecified atom stereocenters. The molecule has 7 heteroatoms. The van der Waals surface area contributed by atoms with Gasteiger partial charge in [0.25, 0.3) is 5.91 Å². The second-order valence-corrected chi connectivity index (χ2v) is 7.93. The van der Waals surface area contributed by atoms with Crippen LogP contribution < -0.4 is 10.2 Å². The monoisotopic (exact) mass is 418 g/mol. The van der Waals surface area contributed by atoms with E-state index in [9.17, 15) is 19.5 Å². The van der Waals surface area contributed by atoms with Crippen LogP contribution in [0.4, 0.5) is 11.4 Å². The third kappa shape index (κ3) is 3.38. The molecule has 7 nitrogen and oxygen atoms in total. The van der Waals surface area contributed by atoms with Crippen molar-refractivity contribution in [2.75, 3.05) is 10.2 Å². The van der Waals surface area contributed by atoms with Crippen LogP contribution in [-0.4, -0.2) is 34.5 Å². The number of carbonyl (C=O) groups excluding carboxylic acids is 3. The number of hydrogen-bond donors (Lipinski definition) is 2. The molecule has 4 rings (SSSR count). The molecular weight excluding hydrogens is 396 g/mol. The highest BCUT2D eigenvalue weighted by molar-refractivity contribution is 6.15. The Morgan fingerprint density at radius 1 is 1.03 bits per heavy atom. The van der Waals surface area contributed by atoms with Crippen molar-refractivity contribution in [1.29, 1.82) is 0 Å². The predicted octanol–water partition coefficient (Wildman–Crippen LogP) is 3.85. The van der Waals surface area contributed by atoms with E-state index in [1.165, 1.54) is 17.9 Å². The summed E-state index contributed by atoms with van der Waals surface area (Å²) in [4.78, 5) is 40.0. The number of benzene rings is 3. The maximum atomic E-state index is 13.3. The van der Waals surface area contributed by atoms with Crippen molar-refractivity contribution in [3.63, 3.8) is 0 Å². The van der Waals surface area contributed by atoms with E-state index in [0.29, 0.717) is 16.8 Å². The Labute approximate surface area is 179 Å². The van der Waals surface area contributed by atoms with Crippen molar-refractivity contribution in [3.05, 3.63) is 66.2 Å². The number of carbonyl (C=O) groups is 3. The number of aromatic hydroxyl groups is 1. The Morgan fingerprint density at radius 3 is 2.48 bits per heavy atom. The lowest BCUT2D eigenvalue weighted by Gasteiger charge is -2.42. The molecule has 2 amide bonds. The first-order chi connectivity index (χ1) is 14.7. The van der Waals surface area contributed by atoms with Gasteiger partial charge in [-0.05, 0) is 44.4 Å². The van der Waals surface area contributed by atoms with Crippen LogP contribution in [0.5, 0.6) is 5.75 Å². The summed E-state index contributed by atoms with van der Waals surface area (Å²) in [6.45, 7) is 4.70. The van der Waals surface area contributed by atoms with Crippen LogP contribution in [0, 0.1) is 0 Å². The molecule has 31 heavy (non-hydrogen) atoms. The molecule has 1 heterocycles. The highest BCUT2D eigenvalue weighted by Gasteiger charge is 2.45. The van der Waals surface area contributed by atoms with E-state index < -0.39 is 23.5 Å². The van der Waals surface area contributed by atoms with Crippen LogP contribution in [0.15, 0.2) is 60.7 Å². The maximum Gasteiger partial charge on any atom is 0.342 e. The normalized spacial score (nSPS) is 15.7. The fourth-order valence-electron chi connectivity index (χ4n) is 3.72. The molecule has 3 aromatic rings. The van der Waals surface area contributed by atoms with E-state index in [4.69, 9.17) is 4.74 Å². The summed E-state index contributed by atoms with van der Waals surface area (Å²) in [5, 5.41) is 14.6. The van der Waals surface area contributed by atoms with Gasteiger partial charge >= 0.3 is 5.97 Å². The number of nitrogens with zero attached hydrogens (tertiary/aromatic N) is 1. The molecular formula is C24H22N2O5. The highest BCUT2D eigenvalue weighted by atomic mass is 16.5. The van der Waals surface area contributed by atoms with Crippen LogP contribution in [0.2, 0.25) is 0 Å². The van der Waals surface area contributed by atoms with Crippen LogP contribution in [-0.2, 0) is 14.3 Å². The minimum absolute atomic E-state index is 0.0330. The number of phenols is 1. The Morgan fingerprint density at radius 2 is 1.71 bits per heavy atom. The largest absolute Gasteiger partial charge is 0.506 e. The van der Waals surface area contributed by atoms with Crippen molar-refractivity contribution in [1.82, 2.24) is 0 Å². The lowest BCUT2D eigenvalue weighted by Crippen LogP contribution is -2.60. The topological polar surface area (TPSA) is 95.9 Å². The lowest BCUT2D eigenvalue weighted by atomic mass is 9.95. The number of esters is 1. The Balaban J connectivity index is 1.62. The number of para-hydroxylation sites is 2. The fraction of sp³-hybridized carbons (Fsp3) is 0.208. The summed E-state index contributed by atoms with van der Waals surface area (Å²) in [6, 6.07) is 17.2. The minimum Gasteiger partial charge on any atom is -0.506 e. The smallest absolute Gasteiger partial charge is 0.342 e. The summed E-state index contributed by atoms with van der Waals surface area (Å²) in [5.41, 5.74) is -0.189. The maximum absolute atomic E-state index is 13.3. The van der Waals surface area contributed by atoms with Gasteiger partial charge in [-0.1, -0.05) is 42.5 Å². The molecule has 0 saturated heterocycles. The van der Waals surface area contributed by atoms with Crippen LogP contribution in [0.3, 0.4) is 0 Å². The molecule has 0 radical (unpaired) electrons. The van der Waals surface area contributed by atoms with Crippen molar-refractivity contribution in [2.24, 2.45) is 0 Å². The van der Waals surface area contributed by atoms with Crippen molar-refractivity contribution >= 4 is 39.9 Å². The predicted molar refractivity (Wildman–Crippen MR) is 117 cm³/mol. The number of nitrogens with one attached hydrogen (secondary N) is 1. The summed E-state index contributed by atoms with van der Waals surface area (Å²) in [5.74, 6) is -1.91. The molecule has 2 N–H and O–H groups in total. The van der Waals surface area contributed by atoms with Crippen molar-refractivity contribution < 1.29 is 24.2 Å².